The molecule has 0 aliphatic carbocycles. The third-order valence-corrected chi connectivity index (χ3v) is 4.59. The molecule has 0 aliphatic heterocycles. The Labute approximate surface area is 146 Å². The van der Waals surface area contributed by atoms with Crippen molar-refractivity contribution in [3.05, 3.63) is 51.0 Å². The molecule has 2 rings (SSSR count). The minimum absolute atomic E-state index is 0.0876. The van der Waals surface area contributed by atoms with E-state index in [1.54, 1.807) is 0 Å². The number of amides is 1. The molecule has 0 radical (unpaired) electrons. The first-order valence-corrected chi connectivity index (χ1v) is 8.66. The van der Waals surface area contributed by atoms with Crippen LogP contribution in [0.25, 0.3) is 0 Å². The molecule has 0 saturated carbocycles. The van der Waals surface area contributed by atoms with Gasteiger partial charge in [0.15, 0.2) is 6.61 Å². The molecule has 0 unspecified atom stereocenters. The highest BCUT2D eigenvalue weighted by molar-refractivity contribution is 7.09. The fourth-order valence-corrected chi connectivity index (χ4v) is 2.85. The first-order chi connectivity index (χ1) is 11.3. The van der Waals surface area contributed by atoms with Gasteiger partial charge in [-0.05, 0) is 44.4 Å². The number of hydrogen-bond acceptors (Lipinski definition) is 5. The number of thiazole rings is 1. The van der Waals surface area contributed by atoms with E-state index < -0.39 is 5.97 Å². The molecule has 1 aromatic carbocycles. The molecule has 128 valence electrons. The number of aryl methyl sites for hydroxylation is 3. The fraction of sp³-hybridized carbons (Fsp3) is 0.389. The largest absolute Gasteiger partial charge is 0.455 e. The van der Waals surface area contributed by atoms with E-state index in [1.807, 2.05) is 45.2 Å². The van der Waals surface area contributed by atoms with Gasteiger partial charge in [-0.2, -0.15) is 0 Å². The van der Waals surface area contributed by atoms with Crippen molar-refractivity contribution in [3.8, 4) is 0 Å². The number of aromatic nitrogens is 1. The molecule has 1 amide bonds. The van der Waals surface area contributed by atoms with Crippen molar-refractivity contribution >= 4 is 23.2 Å². The Bertz CT molecular complexity index is 740. The van der Waals surface area contributed by atoms with Crippen LogP contribution in [0.1, 0.15) is 40.4 Å². The highest BCUT2D eigenvalue weighted by Crippen LogP contribution is 2.16. The Balaban J connectivity index is 1.79. The topological polar surface area (TPSA) is 68.3 Å². The number of nitrogens with zero attached hydrogens (tertiary/aromatic N) is 1. The molecule has 0 fully saturated rings. The number of carbonyl (C=O) groups excluding carboxylic acids is 2. The lowest BCUT2D eigenvalue weighted by molar-refractivity contribution is -0.148. The van der Waals surface area contributed by atoms with E-state index in [2.05, 4.69) is 16.4 Å². The van der Waals surface area contributed by atoms with Gasteiger partial charge in [0.25, 0.3) is 5.91 Å². The molecule has 2 aromatic rings. The molecule has 6 heteroatoms. The molecule has 0 aliphatic rings. The summed E-state index contributed by atoms with van der Waals surface area (Å²) in [7, 11) is 0. The molecule has 24 heavy (non-hydrogen) atoms. The van der Waals surface area contributed by atoms with Gasteiger partial charge >= 0.3 is 5.97 Å². The van der Waals surface area contributed by atoms with Crippen LogP contribution in [-0.4, -0.2) is 23.5 Å². The summed E-state index contributed by atoms with van der Waals surface area (Å²) in [5.74, 6) is -0.766. The van der Waals surface area contributed by atoms with Crippen LogP contribution in [0.2, 0.25) is 0 Å². The van der Waals surface area contributed by atoms with Crippen LogP contribution in [0, 0.1) is 20.8 Å². The van der Waals surface area contributed by atoms with E-state index in [4.69, 9.17) is 4.74 Å². The Kier molecular flexibility index (Phi) is 6.09. The summed E-state index contributed by atoms with van der Waals surface area (Å²) in [6.45, 7) is 7.58. The molecule has 0 bridgehead atoms. The Morgan fingerprint density at radius 2 is 2.00 bits per heavy atom. The van der Waals surface area contributed by atoms with Crippen molar-refractivity contribution in [1.29, 1.82) is 0 Å². The predicted molar refractivity (Wildman–Crippen MR) is 94.0 cm³/mol. The second-order valence-electron chi connectivity index (χ2n) is 5.83. The van der Waals surface area contributed by atoms with Crippen LogP contribution in [0.5, 0.6) is 0 Å². The summed E-state index contributed by atoms with van der Waals surface area (Å²) >= 11 is 1.48. The van der Waals surface area contributed by atoms with E-state index in [-0.39, 0.29) is 25.0 Å². The van der Waals surface area contributed by atoms with Crippen LogP contribution < -0.4 is 5.32 Å². The van der Waals surface area contributed by atoms with Crippen LogP contribution >= 0.6 is 11.3 Å². The summed E-state index contributed by atoms with van der Waals surface area (Å²) < 4.78 is 5.01. The predicted octanol–water partition coefficient (Wildman–Crippen LogP) is 3.03. The Morgan fingerprint density at radius 1 is 1.25 bits per heavy atom. The first-order valence-electron chi connectivity index (χ1n) is 7.78. The lowest BCUT2D eigenvalue weighted by Gasteiger charge is -2.15. The fourth-order valence-electron chi connectivity index (χ4n) is 2.23. The van der Waals surface area contributed by atoms with Crippen molar-refractivity contribution in [1.82, 2.24) is 10.3 Å². The summed E-state index contributed by atoms with van der Waals surface area (Å²) in [5, 5.41) is 5.56. The molecule has 0 spiro atoms. The lowest BCUT2D eigenvalue weighted by atomic mass is 10.0. The van der Waals surface area contributed by atoms with Gasteiger partial charge in [-0.1, -0.05) is 18.2 Å². The molecule has 5 nitrogen and oxygen atoms in total. The van der Waals surface area contributed by atoms with Crippen LogP contribution in [0.4, 0.5) is 0 Å². The number of nitrogens with one attached hydrogen (secondary N) is 1. The number of hydrogen-bond donors (Lipinski definition) is 1. The van der Waals surface area contributed by atoms with E-state index in [0.29, 0.717) is 5.69 Å². The summed E-state index contributed by atoms with van der Waals surface area (Å²) in [4.78, 5) is 27.9. The van der Waals surface area contributed by atoms with Gasteiger partial charge in [-0.25, -0.2) is 4.98 Å². The Morgan fingerprint density at radius 3 is 2.62 bits per heavy atom. The molecule has 1 aromatic heterocycles. The number of rotatable bonds is 6. The average Bonchev–Trinajstić information content (AvgIpc) is 2.93. The number of carbonyl (C=O) groups is 2. The molecule has 1 N–H and O–H groups in total. The number of benzene rings is 1. The lowest BCUT2D eigenvalue weighted by Crippen LogP contribution is -2.31. The van der Waals surface area contributed by atoms with Crippen LogP contribution in [0.15, 0.2) is 23.6 Å². The smallest absolute Gasteiger partial charge is 0.312 e. The van der Waals surface area contributed by atoms with E-state index in [1.165, 1.54) is 22.5 Å². The monoisotopic (exact) mass is 346 g/mol. The molecule has 1 atom stereocenters. The van der Waals surface area contributed by atoms with Gasteiger partial charge < -0.3 is 10.1 Å². The van der Waals surface area contributed by atoms with Crippen molar-refractivity contribution in [2.75, 3.05) is 6.61 Å². The number of ether oxygens (including phenoxy) is 1. The summed E-state index contributed by atoms with van der Waals surface area (Å²) in [6, 6.07) is 5.93. The van der Waals surface area contributed by atoms with E-state index >= 15 is 0 Å². The average molecular weight is 346 g/mol. The van der Waals surface area contributed by atoms with Gasteiger partial charge in [-0.15, -0.1) is 11.3 Å². The summed E-state index contributed by atoms with van der Waals surface area (Å²) in [5.41, 5.74) is 4.09. The summed E-state index contributed by atoms with van der Waals surface area (Å²) in [6.07, 6.45) is 0.0876. The normalized spacial score (nSPS) is 11.8. The SMILES string of the molecule is Cc1nc(CC(=O)OCC(=O)N[C@H](C)c2ccc(C)c(C)c2)cs1. The zero-order chi connectivity index (χ0) is 17.7. The van der Waals surface area contributed by atoms with E-state index in [9.17, 15) is 9.59 Å². The second kappa shape index (κ2) is 8.06. The first kappa shape index (κ1) is 18.1. The minimum atomic E-state index is -0.450. The molecular weight excluding hydrogens is 324 g/mol. The highest BCUT2D eigenvalue weighted by Gasteiger charge is 2.13. The third-order valence-electron chi connectivity index (χ3n) is 3.76. The van der Waals surface area contributed by atoms with Gasteiger partial charge in [-0.3, -0.25) is 9.59 Å². The Hall–Kier alpha value is -2.21. The molecule has 0 saturated heterocycles. The molecule has 1 heterocycles. The maximum atomic E-state index is 11.9. The minimum Gasteiger partial charge on any atom is -0.455 e. The van der Waals surface area contributed by atoms with Gasteiger partial charge in [0.2, 0.25) is 0 Å². The van der Waals surface area contributed by atoms with Crippen molar-refractivity contribution in [3.63, 3.8) is 0 Å². The highest BCUT2D eigenvalue weighted by atomic mass is 32.1. The van der Waals surface area contributed by atoms with Gasteiger partial charge in [0, 0.05) is 5.38 Å². The maximum absolute atomic E-state index is 11.9. The molecular formula is C18H22N2O3S. The third kappa shape index (κ3) is 5.16. The maximum Gasteiger partial charge on any atom is 0.312 e. The van der Waals surface area contributed by atoms with Gasteiger partial charge in [0.05, 0.1) is 23.2 Å². The van der Waals surface area contributed by atoms with Crippen molar-refractivity contribution < 1.29 is 14.3 Å². The van der Waals surface area contributed by atoms with Crippen molar-refractivity contribution in [2.45, 2.75) is 40.2 Å². The number of esters is 1. The quantitative estimate of drug-likeness (QED) is 0.817. The van der Waals surface area contributed by atoms with Crippen LogP contribution in [0.3, 0.4) is 0 Å². The standard InChI is InChI=1S/C18H22N2O3S/c1-11-5-6-15(7-12(11)2)13(3)19-17(21)9-23-18(22)8-16-10-24-14(4)20-16/h5-7,10,13H,8-9H2,1-4H3,(H,19,21)/t13-/m1/s1. The zero-order valence-corrected chi connectivity index (χ0v) is 15.2. The second-order valence-corrected chi connectivity index (χ2v) is 6.89. The van der Waals surface area contributed by atoms with E-state index in [0.717, 1.165) is 10.6 Å². The zero-order valence-electron chi connectivity index (χ0n) is 14.4. The van der Waals surface area contributed by atoms with Crippen LogP contribution in [-0.2, 0) is 20.7 Å². The van der Waals surface area contributed by atoms with Crippen molar-refractivity contribution in [2.24, 2.45) is 0 Å². The van der Waals surface area contributed by atoms with Gasteiger partial charge in [0.1, 0.15) is 0 Å².